The van der Waals surface area contributed by atoms with Crippen LogP contribution in [-0.2, 0) is 7.05 Å². The van der Waals surface area contributed by atoms with Crippen molar-refractivity contribution in [1.82, 2.24) is 9.88 Å². The van der Waals surface area contributed by atoms with E-state index in [1.54, 1.807) is 0 Å². The number of benzene rings is 2. The van der Waals surface area contributed by atoms with E-state index in [9.17, 15) is 4.79 Å². The summed E-state index contributed by atoms with van der Waals surface area (Å²) in [6.45, 7) is 0. The Morgan fingerprint density at radius 3 is 2.58 bits per heavy atom. The van der Waals surface area contributed by atoms with Crippen LogP contribution in [-0.4, -0.2) is 16.6 Å². The molecule has 4 nitrogen and oxygen atoms in total. The first-order chi connectivity index (χ1) is 11.7. The molecule has 4 rings (SSSR count). The molecule has 0 radical (unpaired) electrons. The second-order valence-corrected chi connectivity index (χ2v) is 6.74. The summed E-state index contributed by atoms with van der Waals surface area (Å²) in [6.07, 6.45) is 5.91. The first-order valence-corrected chi connectivity index (χ1v) is 8.77. The molecule has 1 saturated carbocycles. The van der Waals surface area contributed by atoms with Crippen LogP contribution in [0, 0.1) is 0 Å². The summed E-state index contributed by atoms with van der Waals surface area (Å²) in [7, 11) is 2.08. The number of carbonyl (C=O) groups is 1. The SMILES string of the molecule is Cn1c2ccccc2c2cc(NC(=O)NC3CCCCC3)ccc21. The minimum atomic E-state index is -0.0958. The van der Waals surface area contributed by atoms with E-state index in [4.69, 9.17) is 0 Å². The van der Waals surface area contributed by atoms with Gasteiger partial charge in [-0.05, 0) is 37.1 Å². The lowest BCUT2D eigenvalue weighted by molar-refractivity contribution is 0.244. The number of nitrogens with zero attached hydrogens (tertiary/aromatic N) is 1. The monoisotopic (exact) mass is 321 g/mol. The van der Waals surface area contributed by atoms with Gasteiger partial charge in [-0.1, -0.05) is 37.5 Å². The van der Waals surface area contributed by atoms with Gasteiger partial charge in [0.2, 0.25) is 0 Å². The Morgan fingerprint density at radius 2 is 1.75 bits per heavy atom. The molecule has 0 aliphatic heterocycles. The number of fused-ring (bicyclic) bond motifs is 3. The maximum Gasteiger partial charge on any atom is 0.319 e. The Kier molecular flexibility index (Phi) is 3.89. The van der Waals surface area contributed by atoms with Crippen LogP contribution in [0.2, 0.25) is 0 Å². The Balaban J connectivity index is 1.58. The predicted molar refractivity (Wildman–Crippen MR) is 99.5 cm³/mol. The molecule has 3 aromatic rings. The quantitative estimate of drug-likeness (QED) is 0.700. The number of aryl methyl sites for hydroxylation is 1. The topological polar surface area (TPSA) is 46.1 Å². The summed E-state index contributed by atoms with van der Waals surface area (Å²) in [6, 6.07) is 14.7. The second-order valence-electron chi connectivity index (χ2n) is 6.74. The van der Waals surface area contributed by atoms with Gasteiger partial charge in [0.15, 0.2) is 0 Å². The Labute approximate surface area is 141 Å². The summed E-state index contributed by atoms with van der Waals surface area (Å²) in [5, 5.41) is 8.48. The van der Waals surface area contributed by atoms with E-state index >= 15 is 0 Å². The van der Waals surface area contributed by atoms with Crippen molar-refractivity contribution < 1.29 is 4.79 Å². The van der Waals surface area contributed by atoms with E-state index in [2.05, 4.69) is 58.6 Å². The summed E-state index contributed by atoms with van der Waals surface area (Å²) in [5.41, 5.74) is 3.22. The molecule has 0 bridgehead atoms. The fourth-order valence-electron chi connectivity index (χ4n) is 3.85. The van der Waals surface area contributed by atoms with E-state index < -0.39 is 0 Å². The maximum absolute atomic E-state index is 12.3. The highest BCUT2D eigenvalue weighted by Gasteiger charge is 2.16. The van der Waals surface area contributed by atoms with E-state index in [1.165, 1.54) is 41.1 Å². The van der Waals surface area contributed by atoms with Crippen molar-refractivity contribution in [2.75, 3.05) is 5.32 Å². The number of rotatable bonds is 2. The average Bonchev–Trinajstić information content (AvgIpc) is 2.89. The van der Waals surface area contributed by atoms with Crippen molar-refractivity contribution in [3.63, 3.8) is 0 Å². The number of amides is 2. The highest BCUT2D eigenvalue weighted by molar-refractivity contribution is 6.09. The summed E-state index contributed by atoms with van der Waals surface area (Å²) in [5.74, 6) is 0. The molecule has 1 fully saturated rings. The lowest BCUT2D eigenvalue weighted by Crippen LogP contribution is -2.38. The molecular formula is C20H23N3O. The van der Waals surface area contributed by atoms with Crippen LogP contribution in [0.25, 0.3) is 21.8 Å². The molecule has 1 heterocycles. The number of carbonyl (C=O) groups excluding carboxylic acids is 1. The first-order valence-electron chi connectivity index (χ1n) is 8.77. The Hall–Kier alpha value is -2.49. The molecule has 0 spiro atoms. The third-order valence-electron chi connectivity index (χ3n) is 5.11. The van der Waals surface area contributed by atoms with Gasteiger partial charge >= 0.3 is 6.03 Å². The second kappa shape index (κ2) is 6.19. The average molecular weight is 321 g/mol. The zero-order valence-corrected chi connectivity index (χ0v) is 14.0. The van der Waals surface area contributed by atoms with Crippen LogP contribution in [0.3, 0.4) is 0 Å². The molecule has 0 atom stereocenters. The van der Waals surface area contributed by atoms with Crippen LogP contribution in [0.1, 0.15) is 32.1 Å². The number of aromatic nitrogens is 1. The molecule has 2 N–H and O–H groups in total. The smallest absolute Gasteiger partial charge is 0.319 e. The van der Waals surface area contributed by atoms with Gasteiger partial charge in [0.05, 0.1) is 0 Å². The summed E-state index contributed by atoms with van der Waals surface area (Å²) >= 11 is 0. The van der Waals surface area contributed by atoms with Crippen LogP contribution in [0.15, 0.2) is 42.5 Å². The zero-order valence-electron chi connectivity index (χ0n) is 14.0. The molecule has 1 aromatic heterocycles. The molecule has 2 amide bonds. The molecule has 1 aliphatic carbocycles. The van der Waals surface area contributed by atoms with Gasteiger partial charge in [-0.3, -0.25) is 0 Å². The van der Waals surface area contributed by atoms with E-state index in [1.807, 2.05) is 6.07 Å². The van der Waals surface area contributed by atoms with Crippen molar-refractivity contribution in [3.05, 3.63) is 42.5 Å². The molecular weight excluding hydrogens is 298 g/mol. The molecule has 0 unspecified atom stereocenters. The first kappa shape index (κ1) is 15.1. The number of hydrogen-bond donors (Lipinski definition) is 2. The molecule has 2 aromatic carbocycles. The standard InChI is InChI=1S/C20H23N3O/c1-23-18-10-6-5-9-16(18)17-13-15(11-12-19(17)23)22-20(24)21-14-7-3-2-4-8-14/h5-6,9-14H,2-4,7-8H2,1H3,(H2,21,22,24). The predicted octanol–water partition coefficient (Wildman–Crippen LogP) is 4.79. The van der Waals surface area contributed by atoms with Gasteiger partial charge in [-0.15, -0.1) is 0 Å². The highest BCUT2D eigenvalue weighted by atomic mass is 16.2. The highest BCUT2D eigenvalue weighted by Crippen LogP contribution is 2.30. The molecule has 124 valence electrons. The number of hydrogen-bond acceptors (Lipinski definition) is 1. The van der Waals surface area contributed by atoms with Gasteiger partial charge in [0, 0.05) is 40.6 Å². The fraction of sp³-hybridized carbons (Fsp3) is 0.350. The molecule has 1 aliphatic rings. The van der Waals surface area contributed by atoms with Gasteiger partial charge in [0.25, 0.3) is 0 Å². The van der Waals surface area contributed by atoms with Crippen molar-refractivity contribution in [3.8, 4) is 0 Å². The largest absolute Gasteiger partial charge is 0.344 e. The van der Waals surface area contributed by atoms with Crippen LogP contribution >= 0.6 is 0 Å². The number of nitrogens with one attached hydrogen (secondary N) is 2. The van der Waals surface area contributed by atoms with Gasteiger partial charge in [-0.2, -0.15) is 0 Å². The van der Waals surface area contributed by atoms with Gasteiger partial charge in [0.1, 0.15) is 0 Å². The lowest BCUT2D eigenvalue weighted by Gasteiger charge is -2.22. The number of anilines is 1. The minimum Gasteiger partial charge on any atom is -0.344 e. The normalized spacial score (nSPS) is 15.7. The van der Waals surface area contributed by atoms with E-state index in [-0.39, 0.29) is 6.03 Å². The Bertz CT molecular complexity index is 890. The zero-order chi connectivity index (χ0) is 16.5. The van der Waals surface area contributed by atoms with Crippen molar-refractivity contribution >= 4 is 33.5 Å². The van der Waals surface area contributed by atoms with Gasteiger partial charge in [-0.25, -0.2) is 4.79 Å². The number of para-hydroxylation sites is 1. The van der Waals surface area contributed by atoms with Crippen LogP contribution in [0.5, 0.6) is 0 Å². The third kappa shape index (κ3) is 2.73. The van der Waals surface area contributed by atoms with Crippen molar-refractivity contribution in [1.29, 1.82) is 0 Å². The molecule has 4 heteroatoms. The Morgan fingerprint density at radius 1 is 1.00 bits per heavy atom. The van der Waals surface area contributed by atoms with Crippen LogP contribution in [0.4, 0.5) is 10.5 Å². The minimum absolute atomic E-state index is 0.0958. The maximum atomic E-state index is 12.3. The van der Waals surface area contributed by atoms with Crippen molar-refractivity contribution in [2.24, 2.45) is 7.05 Å². The number of urea groups is 1. The van der Waals surface area contributed by atoms with E-state index in [0.29, 0.717) is 6.04 Å². The summed E-state index contributed by atoms with van der Waals surface area (Å²) < 4.78 is 2.19. The lowest BCUT2D eigenvalue weighted by atomic mass is 9.96. The third-order valence-corrected chi connectivity index (χ3v) is 5.11. The van der Waals surface area contributed by atoms with E-state index in [0.717, 1.165) is 18.5 Å². The molecule has 24 heavy (non-hydrogen) atoms. The van der Waals surface area contributed by atoms with Gasteiger partial charge < -0.3 is 15.2 Å². The van der Waals surface area contributed by atoms with Crippen molar-refractivity contribution in [2.45, 2.75) is 38.1 Å². The summed E-state index contributed by atoms with van der Waals surface area (Å²) in [4.78, 5) is 12.3. The fourth-order valence-corrected chi connectivity index (χ4v) is 3.85. The van der Waals surface area contributed by atoms with Crippen LogP contribution < -0.4 is 10.6 Å². The molecule has 0 saturated heterocycles.